The highest BCUT2D eigenvalue weighted by molar-refractivity contribution is 7.99. The summed E-state index contributed by atoms with van der Waals surface area (Å²) in [5.41, 5.74) is 0. The number of carbonyl (C=O) groups is 1. The standard InChI is InChI=1S/C11H14O3S2/c12-11(13-9-3-1-5-15-7-9)14-10-4-2-6-16-8-10/h1-4,9-10H,5-8H2. The highest BCUT2D eigenvalue weighted by atomic mass is 32.2. The van der Waals surface area contributed by atoms with Gasteiger partial charge in [-0.2, -0.15) is 23.5 Å². The zero-order valence-corrected chi connectivity index (χ0v) is 10.5. The third-order valence-electron chi connectivity index (χ3n) is 2.19. The molecule has 0 fully saturated rings. The Hall–Kier alpha value is -0.550. The van der Waals surface area contributed by atoms with Crippen LogP contribution in [0.15, 0.2) is 24.3 Å². The fraction of sp³-hybridized carbons (Fsp3) is 0.545. The van der Waals surface area contributed by atoms with Crippen molar-refractivity contribution in [2.75, 3.05) is 23.0 Å². The summed E-state index contributed by atoms with van der Waals surface area (Å²) in [6.45, 7) is 0. The fourth-order valence-corrected chi connectivity index (χ4v) is 3.04. The van der Waals surface area contributed by atoms with E-state index in [4.69, 9.17) is 9.47 Å². The maximum absolute atomic E-state index is 11.4. The van der Waals surface area contributed by atoms with Crippen molar-refractivity contribution in [1.82, 2.24) is 0 Å². The molecule has 2 aliphatic heterocycles. The van der Waals surface area contributed by atoms with Crippen LogP contribution in [-0.2, 0) is 9.47 Å². The van der Waals surface area contributed by atoms with E-state index in [0.29, 0.717) is 0 Å². The fourth-order valence-electron chi connectivity index (χ4n) is 1.45. The lowest BCUT2D eigenvalue weighted by Gasteiger charge is -2.20. The monoisotopic (exact) mass is 258 g/mol. The maximum Gasteiger partial charge on any atom is 0.509 e. The normalized spacial score (nSPS) is 28.8. The van der Waals surface area contributed by atoms with Crippen LogP contribution in [0.3, 0.4) is 0 Å². The smallest absolute Gasteiger partial charge is 0.426 e. The summed E-state index contributed by atoms with van der Waals surface area (Å²) in [7, 11) is 0. The molecule has 0 aliphatic carbocycles. The first-order valence-electron chi connectivity index (χ1n) is 5.20. The van der Waals surface area contributed by atoms with Crippen LogP contribution in [0, 0.1) is 0 Å². The van der Waals surface area contributed by atoms with Crippen molar-refractivity contribution >= 4 is 29.7 Å². The van der Waals surface area contributed by atoms with Crippen molar-refractivity contribution < 1.29 is 14.3 Å². The number of carbonyl (C=O) groups excluding carboxylic acids is 1. The molecule has 2 rings (SSSR count). The van der Waals surface area contributed by atoms with Gasteiger partial charge >= 0.3 is 6.16 Å². The van der Waals surface area contributed by atoms with E-state index in [1.165, 1.54) is 0 Å². The Kier molecular flexibility index (Phi) is 4.66. The number of ether oxygens (including phenoxy) is 2. The first-order chi connectivity index (χ1) is 7.84. The molecule has 0 N–H and O–H groups in total. The molecule has 3 nitrogen and oxygen atoms in total. The topological polar surface area (TPSA) is 35.5 Å². The van der Waals surface area contributed by atoms with Crippen molar-refractivity contribution in [2.24, 2.45) is 0 Å². The summed E-state index contributed by atoms with van der Waals surface area (Å²) in [5.74, 6) is 3.63. The molecule has 0 radical (unpaired) electrons. The first kappa shape index (κ1) is 11.9. The van der Waals surface area contributed by atoms with E-state index in [1.807, 2.05) is 24.3 Å². The third-order valence-corrected chi connectivity index (χ3v) is 4.17. The Labute approximate surface area is 104 Å². The molecular weight excluding hydrogens is 244 g/mol. The summed E-state index contributed by atoms with van der Waals surface area (Å²) in [5, 5.41) is 0. The summed E-state index contributed by atoms with van der Waals surface area (Å²) >= 11 is 3.51. The van der Waals surface area contributed by atoms with Gasteiger partial charge in [0.2, 0.25) is 0 Å². The van der Waals surface area contributed by atoms with Gasteiger partial charge in [-0.05, 0) is 12.2 Å². The van der Waals surface area contributed by atoms with E-state index in [1.54, 1.807) is 23.5 Å². The van der Waals surface area contributed by atoms with Gasteiger partial charge in [0, 0.05) is 23.0 Å². The van der Waals surface area contributed by atoms with Gasteiger partial charge in [-0.3, -0.25) is 0 Å². The van der Waals surface area contributed by atoms with Gasteiger partial charge < -0.3 is 9.47 Å². The highest BCUT2D eigenvalue weighted by Gasteiger charge is 2.19. The molecule has 5 heteroatoms. The van der Waals surface area contributed by atoms with Crippen molar-refractivity contribution in [2.45, 2.75) is 12.2 Å². The van der Waals surface area contributed by atoms with Crippen molar-refractivity contribution in [3.63, 3.8) is 0 Å². The lowest BCUT2D eigenvalue weighted by molar-refractivity contribution is 0.0314. The average Bonchev–Trinajstić information content (AvgIpc) is 2.31. The van der Waals surface area contributed by atoms with Gasteiger partial charge in [0.05, 0.1) is 0 Å². The summed E-state index contributed by atoms with van der Waals surface area (Å²) in [6, 6.07) is 0. The predicted molar refractivity (Wildman–Crippen MR) is 68.1 cm³/mol. The van der Waals surface area contributed by atoms with E-state index >= 15 is 0 Å². The molecule has 2 unspecified atom stereocenters. The minimum Gasteiger partial charge on any atom is -0.426 e. The van der Waals surface area contributed by atoms with Crippen LogP contribution in [0.2, 0.25) is 0 Å². The molecule has 0 amide bonds. The van der Waals surface area contributed by atoms with E-state index in [9.17, 15) is 4.79 Å². The van der Waals surface area contributed by atoms with Crippen LogP contribution >= 0.6 is 23.5 Å². The average molecular weight is 258 g/mol. The molecular formula is C11H14O3S2. The van der Waals surface area contributed by atoms with Gasteiger partial charge in [0.15, 0.2) is 0 Å². The lowest BCUT2D eigenvalue weighted by atomic mass is 10.3. The summed E-state index contributed by atoms with van der Waals surface area (Å²) in [6.07, 6.45) is 7.05. The molecule has 0 spiro atoms. The Morgan fingerprint density at radius 2 is 1.50 bits per heavy atom. The van der Waals surface area contributed by atoms with Crippen molar-refractivity contribution in [3.05, 3.63) is 24.3 Å². The third kappa shape index (κ3) is 3.79. The van der Waals surface area contributed by atoms with Gasteiger partial charge in [-0.15, -0.1) is 0 Å². The van der Waals surface area contributed by atoms with Gasteiger partial charge in [0.1, 0.15) is 12.2 Å². The molecule has 2 atom stereocenters. The number of rotatable bonds is 2. The lowest BCUT2D eigenvalue weighted by Crippen LogP contribution is -2.26. The molecule has 88 valence electrons. The number of hydrogen-bond donors (Lipinski definition) is 0. The largest absolute Gasteiger partial charge is 0.509 e. The van der Waals surface area contributed by atoms with Crippen LogP contribution < -0.4 is 0 Å². The maximum atomic E-state index is 11.4. The molecule has 0 saturated heterocycles. The Balaban J connectivity index is 1.74. The minimum absolute atomic E-state index is 0.133. The molecule has 0 aromatic heterocycles. The molecule has 2 heterocycles. The number of thioether (sulfide) groups is 2. The molecule has 0 aromatic carbocycles. The van der Waals surface area contributed by atoms with E-state index in [-0.39, 0.29) is 12.2 Å². The summed E-state index contributed by atoms with van der Waals surface area (Å²) in [4.78, 5) is 11.4. The summed E-state index contributed by atoms with van der Waals surface area (Å²) < 4.78 is 10.4. The molecule has 2 aliphatic rings. The van der Waals surface area contributed by atoms with E-state index in [2.05, 4.69) is 0 Å². The molecule has 0 saturated carbocycles. The molecule has 0 bridgehead atoms. The minimum atomic E-state index is -0.561. The van der Waals surface area contributed by atoms with Crippen LogP contribution in [0.5, 0.6) is 0 Å². The number of hydrogen-bond acceptors (Lipinski definition) is 5. The van der Waals surface area contributed by atoms with Crippen molar-refractivity contribution in [3.8, 4) is 0 Å². The Bertz CT molecular complexity index is 274. The van der Waals surface area contributed by atoms with Crippen LogP contribution in [0.25, 0.3) is 0 Å². The van der Waals surface area contributed by atoms with Crippen molar-refractivity contribution in [1.29, 1.82) is 0 Å². The Morgan fingerprint density at radius 1 is 1.00 bits per heavy atom. The molecule has 16 heavy (non-hydrogen) atoms. The first-order valence-corrected chi connectivity index (χ1v) is 7.51. The van der Waals surface area contributed by atoms with Crippen LogP contribution in [0.4, 0.5) is 4.79 Å². The second-order valence-electron chi connectivity index (χ2n) is 3.49. The van der Waals surface area contributed by atoms with Gasteiger partial charge in [-0.1, -0.05) is 12.2 Å². The van der Waals surface area contributed by atoms with Gasteiger partial charge in [-0.25, -0.2) is 4.79 Å². The van der Waals surface area contributed by atoms with Crippen LogP contribution in [-0.4, -0.2) is 41.4 Å². The Morgan fingerprint density at radius 3 is 1.88 bits per heavy atom. The highest BCUT2D eigenvalue weighted by Crippen LogP contribution is 2.16. The molecule has 0 aromatic rings. The SMILES string of the molecule is O=C(OC1C=CCSC1)OC1C=CCSC1. The quantitative estimate of drug-likeness (QED) is 0.561. The second-order valence-corrected chi connectivity index (χ2v) is 5.64. The zero-order valence-electron chi connectivity index (χ0n) is 8.83. The zero-order chi connectivity index (χ0) is 11.2. The second kappa shape index (κ2) is 6.25. The van der Waals surface area contributed by atoms with Crippen LogP contribution in [0.1, 0.15) is 0 Å². The van der Waals surface area contributed by atoms with E-state index < -0.39 is 6.16 Å². The predicted octanol–water partition coefficient (Wildman–Crippen LogP) is 2.48. The van der Waals surface area contributed by atoms with Gasteiger partial charge in [0.25, 0.3) is 0 Å². The van der Waals surface area contributed by atoms with E-state index in [0.717, 1.165) is 23.0 Å².